The van der Waals surface area contributed by atoms with Gasteiger partial charge in [0, 0.05) is 24.7 Å². The monoisotopic (exact) mass is 380 g/mol. The zero-order chi connectivity index (χ0) is 19.8. The highest BCUT2D eigenvalue weighted by molar-refractivity contribution is 5.99. The standard InChI is InChI=1S/C23H25FN2O2/c1-15-9-10-17(13-21(15)24)12-18-6-3-4-8-20(18)23(28)26-14-19-7-5-11-25(19)22(27)16(26)2/h3-4,6,8-10,13,16,19H,5,7,11-12,14H2,1-2H3/t16-,19+/m0/s1. The molecule has 2 fully saturated rings. The van der Waals surface area contributed by atoms with Crippen molar-refractivity contribution in [3.63, 3.8) is 0 Å². The van der Waals surface area contributed by atoms with Crippen LogP contribution in [-0.2, 0) is 11.2 Å². The van der Waals surface area contributed by atoms with Crippen LogP contribution in [0.5, 0.6) is 0 Å². The first-order valence-corrected chi connectivity index (χ1v) is 9.90. The van der Waals surface area contributed by atoms with Gasteiger partial charge in [0.05, 0.1) is 0 Å². The fourth-order valence-electron chi connectivity index (χ4n) is 4.34. The maximum atomic E-state index is 13.9. The second kappa shape index (κ2) is 7.38. The van der Waals surface area contributed by atoms with Gasteiger partial charge < -0.3 is 9.80 Å². The lowest BCUT2D eigenvalue weighted by molar-refractivity contribution is -0.141. The number of benzene rings is 2. The number of hydrogen-bond acceptors (Lipinski definition) is 2. The summed E-state index contributed by atoms with van der Waals surface area (Å²) < 4.78 is 13.9. The highest BCUT2D eigenvalue weighted by Gasteiger charge is 2.42. The van der Waals surface area contributed by atoms with Crippen LogP contribution in [0.25, 0.3) is 0 Å². The molecule has 2 amide bonds. The number of rotatable bonds is 3. The summed E-state index contributed by atoms with van der Waals surface area (Å²) >= 11 is 0. The molecule has 4 nitrogen and oxygen atoms in total. The van der Waals surface area contributed by atoms with E-state index < -0.39 is 6.04 Å². The first-order chi connectivity index (χ1) is 13.5. The first kappa shape index (κ1) is 18.7. The summed E-state index contributed by atoms with van der Waals surface area (Å²) in [5.41, 5.74) is 2.88. The molecule has 0 spiro atoms. The Bertz CT molecular complexity index is 927. The average molecular weight is 380 g/mol. The van der Waals surface area contributed by atoms with Crippen molar-refractivity contribution in [2.45, 2.75) is 45.2 Å². The molecule has 2 aromatic carbocycles. The van der Waals surface area contributed by atoms with E-state index in [0.29, 0.717) is 24.1 Å². The molecule has 0 aliphatic carbocycles. The van der Waals surface area contributed by atoms with Crippen molar-refractivity contribution in [1.29, 1.82) is 0 Å². The van der Waals surface area contributed by atoms with E-state index in [1.165, 1.54) is 6.07 Å². The molecule has 5 heteroatoms. The summed E-state index contributed by atoms with van der Waals surface area (Å²) in [6, 6.07) is 12.3. The third-order valence-corrected chi connectivity index (χ3v) is 6.03. The second-order valence-corrected chi connectivity index (χ2v) is 7.88. The lowest BCUT2D eigenvalue weighted by Crippen LogP contribution is -2.60. The minimum Gasteiger partial charge on any atom is -0.336 e. The van der Waals surface area contributed by atoms with E-state index in [4.69, 9.17) is 0 Å². The summed E-state index contributed by atoms with van der Waals surface area (Å²) in [7, 11) is 0. The third kappa shape index (κ3) is 3.30. The van der Waals surface area contributed by atoms with Crippen LogP contribution in [0.3, 0.4) is 0 Å². The van der Waals surface area contributed by atoms with Crippen LogP contribution < -0.4 is 0 Å². The van der Waals surface area contributed by atoms with Gasteiger partial charge in [-0.2, -0.15) is 0 Å². The molecule has 2 aromatic rings. The number of amides is 2. The second-order valence-electron chi connectivity index (χ2n) is 7.88. The van der Waals surface area contributed by atoms with Gasteiger partial charge in [-0.25, -0.2) is 4.39 Å². The molecule has 28 heavy (non-hydrogen) atoms. The van der Waals surface area contributed by atoms with Gasteiger partial charge in [0.1, 0.15) is 11.9 Å². The topological polar surface area (TPSA) is 40.6 Å². The number of hydrogen-bond donors (Lipinski definition) is 0. The number of nitrogens with zero attached hydrogens (tertiary/aromatic N) is 2. The van der Waals surface area contributed by atoms with E-state index in [1.54, 1.807) is 24.0 Å². The summed E-state index contributed by atoms with van der Waals surface area (Å²) in [5, 5.41) is 0. The Morgan fingerprint density at radius 2 is 2.00 bits per heavy atom. The first-order valence-electron chi connectivity index (χ1n) is 9.90. The molecule has 2 saturated heterocycles. The molecule has 146 valence electrons. The van der Waals surface area contributed by atoms with E-state index in [1.807, 2.05) is 36.1 Å². The number of carbonyl (C=O) groups is 2. The Morgan fingerprint density at radius 1 is 1.21 bits per heavy atom. The molecule has 2 atom stereocenters. The Labute approximate surface area is 164 Å². The molecule has 2 aliphatic heterocycles. The van der Waals surface area contributed by atoms with E-state index in [0.717, 1.165) is 30.5 Å². The van der Waals surface area contributed by atoms with Crippen LogP contribution in [0.2, 0.25) is 0 Å². The normalized spacial score (nSPS) is 21.8. The SMILES string of the molecule is Cc1ccc(Cc2ccccc2C(=O)N2C[C@H]3CCCN3C(=O)[C@@H]2C)cc1F. The molecule has 0 unspecified atom stereocenters. The largest absolute Gasteiger partial charge is 0.336 e. The van der Waals surface area contributed by atoms with Crippen molar-refractivity contribution in [1.82, 2.24) is 9.80 Å². The Morgan fingerprint density at radius 3 is 2.79 bits per heavy atom. The maximum absolute atomic E-state index is 13.9. The van der Waals surface area contributed by atoms with Gasteiger partial charge in [-0.3, -0.25) is 9.59 Å². The molecule has 4 rings (SSSR count). The number of carbonyl (C=O) groups excluding carboxylic acids is 2. The molecule has 0 radical (unpaired) electrons. The van der Waals surface area contributed by atoms with Crippen molar-refractivity contribution < 1.29 is 14.0 Å². The molecule has 0 bridgehead atoms. The van der Waals surface area contributed by atoms with Gasteiger partial charge in [-0.05, 0) is 61.9 Å². The van der Waals surface area contributed by atoms with Crippen molar-refractivity contribution in [3.8, 4) is 0 Å². The van der Waals surface area contributed by atoms with Crippen LogP contribution in [0.1, 0.15) is 46.8 Å². The Kier molecular flexibility index (Phi) is 4.92. The van der Waals surface area contributed by atoms with Crippen molar-refractivity contribution in [2.75, 3.05) is 13.1 Å². The fraction of sp³-hybridized carbons (Fsp3) is 0.391. The third-order valence-electron chi connectivity index (χ3n) is 6.03. The molecule has 0 N–H and O–H groups in total. The van der Waals surface area contributed by atoms with Crippen LogP contribution in [-0.4, -0.2) is 46.8 Å². The number of aryl methyl sites for hydroxylation is 1. The average Bonchev–Trinajstić information content (AvgIpc) is 3.16. The molecule has 2 aliphatic rings. The Hall–Kier alpha value is -2.69. The quantitative estimate of drug-likeness (QED) is 0.817. The summed E-state index contributed by atoms with van der Waals surface area (Å²) in [5.74, 6) is -0.311. The zero-order valence-electron chi connectivity index (χ0n) is 16.3. The van der Waals surface area contributed by atoms with E-state index in [-0.39, 0.29) is 23.7 Å². The molecule has 0 saturated carbocycles. The lowest BCUT2D eigenvalue weighted by atomic mass is 9.97. The lowest BCUT2D eigenvalue weighted by Gasteiger charge is -2.41. The molecular weight excluding hydrogens is 355 g/mol. The van der Waals surface area contributed by atoms with Gasteiger partial charge in [-0.1, -0.05) is 30.3 Å². The molecule has 0 aromatic heterocycles. The van der Waals surface area contributed by atoms with E-state index in [9.17, 15) is 14.0 Å². The highest BCUT2D eigenvalue weighted by atomic mass is 19.1. The zero-order valence-corrected chi connectivity index (χ0v) is 16.3. The van der Waals surface area contributed by atoms with Gasteiger partial charge >= 0.3 is 0 Å². The molecule has 2 heterocycles. The van der Waals surface area contributed by atoms with Crippen LogP contribution in [0.4, 0.5) is 4.39 Å². The van der Waals surface area contributed by atoms with Gasteiger partial charge in [0.2, 0.25) is 5.91 Å². The predicted octanol–water partition coefficient (Wildman–Crippen LogP) is 3.56. The minimum absolute atomic E-state index is 0.0418. The summed E-state index contributed by atoms with van der Waals surface area (Å²) in [6.07, 6.45) is 2.43. The van der Waals surface area contributed by atoms with E-state index in [2.05, 4.69) is 0 Å². The molecular formula is C23H25FN2O2. The van der Waals surface area contributed by atoms with Crippen molar-refractivity contribution >= 4 is 11.8 Å². The van der Waals surface area contributed by atoms with Gasteiger partial charge in [0.25, 0.3) is 5.91 Å². The maximum Gasteiger partial charge on any atom is 0.254 e. The Balaban J connectivity index is 1.61. The van der Waals surface area contributed by atoms with Crippen LogP contribution >= 0.6 is 0 Å². The van der Waals surface area contributed by atoms with Crippen LogP contribution in [0.15, 0.2) is 42.5 Å². The smallest absolute Gasteiger partial charge is 0.254 e. The number of fused-ring (bicyclic) bond motifs is 1. The predicted molar refractivity (Wildman–Crippen MR) is 106 cm³/mol. The van der Waals surface area contributed by atoms with Crippen molar-refractivity contribution in [3.05, 3.63) is 70.5 Å². The number of piperazine rings is 1. The fourth-order valence-corrected chi connectivity index (χ4v) is 4.34. The van der Waals surface area contributed by atoms with Gasteiger partial charge in [0.15, 0.2) is 0 Å². The summed E-state index contributed by atoms with van der Waals surface area (Å²) in [4.78, 5) is 29.7. The van der Waals surface area contributed by atoms with Crippen molar-refractivity contribution in [2.24, 2.45) is 0 Å². The highest BCUT2D eigenvalue weighted by Crippen LogP contribution is 2.28. The number of halogens is 1. The summed E-state index contributed by atoms with van der Waals surface area (Å²) in [6.45, 7) is 4.93. The van der Waals surface area contributed by atoms with E-state index >= 15 is 0 Å². The minimum atomic E-state index is -0.452. The van der Waals surface area contributed by atoms with Crippen LogP contribution in [0, 0.1) is 12.7 Å². The van der Waals surface area contributed by atoms with Gasteiger partial charge in [-0.15, -0.1) is 0 Å².